The summed E-state index contributed by atoms with van der Waals surface area (Å²) in [6.45, 7) is 5.04. The van der Waals surface area contributed by atoms with Crippen molar-refractivity contribution in [1.29, 1.82) is 0 Å². The highest BCUT2D eigenvalue weighted by Gasteiger charge is 2.32. The highest BCUT2D eigenvalue weighted by atomic mass is 32.1. The number of hydrogen-bond donors (Lipinski definition) is 1. The Morgan fingerprint density at radius 3 is 2.64 bits per heavy atom. The van der Waals surface area contributed by atoms with Gasteiger partial charge in [-0.1, -0.05) is 0 Å². The summed E-state index contributed by atoms with van der Waals surface area (Å²) < 4.78 is 6.65. The van der Waals surface area contributed by atoms with E-state index < -0.39 is 16.8 Å². The number of rotatable bonds is 5. The van der Waals surface area contributed by atoms with E-state index in [9.17, 15) is 19.7 Å². The first-order valence-corrected chi connectivity index (χ1v) is 9.87. The minimum atomic E-state index is -0.715. The molecule has 2 aromatic heterocycles. The molecule has 10 heteroatoms. The van der Waals surface area contributed by atoms with Gasteiger partial charge in [0.1, 0.15) is 10.7 Å². The topological polar surface area (TPSA) is 116 Å². The van der Waals surface area contributed by atoms with Gasteiger partial charge in [-0.15, -0.1) is 11.3 Å². The zero-order chi connectivity index (χ0) is 20.6. The minimum absolute atomic E-state index is 0.278. The fraction of sp³-hybridized carbons (Fsp3) is 0.500. The number of carbonyl (C=O) groups excluding carboxylic acids is 2. The molecule has 2 aromatic rings. The number of aromatic nitrogens is 2. The number of carbonyl (C=O) groups is 2. The number of fused-ring (bicyclic) bond motifs is 1. The number of ether oxygens (including phenoxy) is 1. The molecule has 0 saturated carbocycles. The van der Waals surface area contributed by atoms with Gasteiger partial charge in [0, 0.05) is 11.9 Å². The molecule has 1 amide bonds. The van der Waals surface area contributed by atoms with Gasteiger partial charge in [0.15, 0.2) is 0 Å². The van der Waals surface area contributed by atoms with Crippen molar-refractivity contribution in [1.82, 2.24) is 9.78 Å². The molecule has 28 heavy (non-hydrogen) atoms. The van der Waals surface area contributed by atoms with Crippen LogP contribution in [0.2, 0.25) is 0 Å². The van der Waals surface area contributed by atoms with Crippen LogP contribution in [0, 0.1) is 17.0 Å². The molecule has 0 radical (unpaired) electrons. The van der Waals surface area contributed by atoms with Crippen LogP contribution < -0.4 is 5.32 Å². The van der Waals surface area contributed by atoms with E-state index in [-0.39, 0.29) is 23.2 Å². The molecule has 0 spiro atoms. The van der Waals surface area contributed by atoms with Crippen LogP contribution in [0.1, 0.15) is 63.7 Å². The first-order chi connectivity index (χ1) is 13.2. The highest BCUT2D eigenvalue weighted by Crippen LogP contribution is 2.39. The molecule has 0 bridgehead atoms. The van der Waals surface area contributed by atoms with Gasteiger partial charge in [-0.25, -0.2) is 4.79 Å². The van der Waals surface area contributed by atoms with Gasteiger partial charge in [-0.05, 0) is 52.0 Å². The van der Waals surface area contributed by atoms with Crippen molar-refractivity contribution in [2.24, 2.45) is 7.05 Å². The number of nitrogens with zero attached hydrogens (tertiary/aromatic N) is 3. The third-order valence-corrected chi connectivity index (χ3v) is 5.85. The molecule has 150 valence electrons. The van der Waals surface area contributed by atoms with E-state index in [4.69, 9.17) is 4.74 Å². The van der Waals surface area contributed by atoms with E-state index in [0.717, 1.165) is 36.1 Å². The van der Waals surface area contributed by atoms with Gasteiger partial charge in [0.2, 0.25) is 5.69 Å². The average Bonchev–Trinajstić information content (AvgIpc) is 3.11. The number of anilines is 1. The summed E-state index contributed by atoms with van der Waals surface area (Å²) in [7, 11) is 1.54. The van der Waals surface area contributed by atoms with Gasteiger partial charge in [0.05, 0.1) is 16.6 Å². The molecule has 0 aromatic carbocycles. The first kappa shape index (κ1) is 20.0. The Kier molecular flexibility index (Phi) is 5.50. The lowest BCUT2D eigenvalue weighted by Gasteiger charge is -2.14. The van der Waals surface area contributed by atoms with Crippen LogP contribution in [0.5, 0.6) is 0 Å². The van der Waals surface area contributed by atoms with Crippen molar-refractivity contribution in [2.75, 3.05) is 5.32 Å². The van der Waals surface area contributed by atoms with Crippen molar-refractivity contribution in [3.05, 3.63) is 37.5 Å². The molecule has 0 saturated heterocycles. The Labute approximate surface area is 165 Å². The lowest BCUT2D eigenvalue weighted by molar-refractivity contribution is -0.385. The highest BCUT2D eigenvalue weighted by molar-refractivity contribution is 7.17. The Balaban J connectivity index is 2.00. The zero-order valence-corrected chi connectivity index (χ0v) is 17.0. The predicted octanol–water partition coefficient (Wildman–Crippen LogP) is 3.39. The van der Waals surface area contributed by atoms with Crippen molar-refractivity contribution in [3.63, 3.8) is 0 Å². The second-order valence-corrected chi connectivity index (χ2v) is 8.09. The lowest BCUT2D eigenvalue weighted by Crippen LogP contribution is -2.18. The molecule has 0 unspecified atom stereocenters. The average molecular weight is 406 g/mol. The fourth-order valence-electron chi connectivity index (χ4n) is 3.27. The van der Waals surface area contributed by atoms with Crippen molar-refractivity contribution < 1.29 is 19.2 Å². The maximum absolute atomic E-state index is 12.8. The predicted molar refractivity (Wildman–Crippen MR) is 104 cm³/mol. The Hall–Kier alpha value is -2.75. The van der Waals surface area contributed by atoms with E-state index in [1.165, 1.54) is 30.0 Å². The van der Waals surface area contributed by atoms with Crippen molar-refractivity contribution in [2.45, 2.75) is 52.6 Å². The van der Waals surface area contributed by atoms with Gasteiger partial charge in [-0.3, -0.25) is 19.6 Å². The normalized spacial score (nSPS) is 13.3. The van der Waals surface area contributed by atoms with Crippen LogP contribution in [-0.2, 0) is 24.6 Å². The third-order valence-electron chi connectivity index (χ3n) is 4.65. The lowest BCUT2D eigenvalue weighted by atomic mass is 9.95. The third kappa shape index (κ3) is 3.64. The van der Waals surface area contributed by atoms with Crippen LogP contribution in [-0.4, -0.2) is 32.7 Å². The van der Waals surface area contributed by atoms with Crippen molar-refractivity contribution in [3.8, 4) is 0 Å². The van der Waals surface area contributed by atoms with E-state index in [2.05, 4.69) is 10.4 Å². The summed E-state index contributed by atoms with van der Waals surface area (Å²) >= 11 is 1.33. The van der Waals surface area contributed by atoms with Crippen LogP contribution in [0.25, 0.3) is 0 Å². The summed E-state index contributed by atoms with van der Waals surface area (Å²) in [6, 6.07) is 0. The molecule has 0 fully saturated rings. The maximum Gasteiger partial charge on any atom is 0.341 e. The quantitative estimate of drug-likeness (QED) is 0.462. The number of amides is 1. The SMILES string of the molecule is Cc1c([N+](=O)[O-])c(C(=O)Nc2sc3c(c2C(=O)OC(C)C)CCCC3)nn1C. The van der Waals surface area contributed by atoms with Gasteiger partial charge in [-0.2, -0.15) is 5.10 Å². The molecule has 0 atom stereocenters. The largest absolute Gasteiger partial charge is 0.459 e. The molecule has 1 N–H and O–H groups in total. The number of esters is 1. The van der Waals surface area contributed by atoms with Crippen LogP contribution >= 0.6 is 11.3 Å². The second kappa shape index (κ2) is 7.70. The standard InChI is InChI=1S/C18H22N4O5S/c1-9(2)27-18(24)13-11-7-5-6-8-12(11)28-17(13)19-16(23)14-15(22(25)26)10(3)21(4)20-14/h9H,5-8H2,1-4H3,(H,19,23). The molecular formula is C18H22N4O5S. The fourth-order valence-corrected chi connectivity index (χ4v) is 4.55. The maximum atomic E-state index is 12.8. The van der Waals surface area contributed by atoms with E-state index >= 15 is 0 Å². The van der Waals surface area contributed by atoms with E-state index in [1.807, 2.05) is 0 Å². The van der Waals surface area contributed by atoms with Gasteiger partial charge in [0.25, 0.3) is 5.91 Å². The summed E-state index contributed by atoms with van der Waals surface area (Å²) in [4.78, 5) is 37.2. The monoisotopic (exact) mass is 406 g/mol. The van der Waals surface area contributed by atoms with E-state index in [0.29, 0.717) is 10.6 Å². The minimum Gasteiger partial charge on any atom is -0.459 e. The number of nitro groups is 1. The van der Waals surface area contributed by atoms with Gasteiger partial charge < -0.3 is 10.1 Å². The Morgan fingerprint density at radius 1 is 1.32 bits per heavy atom. The summed E-state index contributed by atoms with van der Waals surface area (Å²) in [5.41, 5.74) is 0.924. The molecule has 9 nitrogen and oxygen atoms in total. The smallest absolute Gasteiger partial charge is 0.341 e. The van der Waals surface area contributed by atoms with Crippen LogP contribution in [0.3, 0.4) is 0 Å². The number of thiophene rings is 1. The first-order valence-electron chi connectivity index (χ1n) is 9.05. The Bertz CT molecular complexity index is 960. The Morgan fingerprint density at radius 2 is 2.00 bits per heavy atom. The van der Waals surface area contributed by atoms with E-state index in [1.54, 1.807) is 13.8 Å². The van der Waals surface area contributed by atoms with Crippen molar-refractivity contribution >= 4 is 33.9 Å². The molecule has 2 heterocycles. The number of nitrogens with one attached hydrogen (secondary N) is 1. The molecule has 1 aliphatic carbocycles. The molecular weight excluding hydrogens is 384 g/mol. The summed E-state index contributed by atoms with van der Waals surface area (Å²) in [6.07, 6.45) is 3.26. The summed E-state index contributed by atoms with van der Waals surface area (Å²) in [5, 5.41) is 18.4. The number of aryl methyl sites for hydroxylation is 2. The molecule has 3 rings (SSSR count). The van der Waals surface area contributed by atoms with Crippen LogP contribution in [0.15, 0.2) is 0 Å². The second-order valence-electron chi connectivity index (χ2n) is 6.99. The number of hydrogen-bond acceptors (Lipinski definition) is 7. The zero-order valence-electron chi connectivity index (χ0n) is 16.2. The van der Waals surface area contributed by atoms with Gasteiger partial charge >= 0.3 is 11.7 Å². The molecule has 0 aliphatic heterocycles. The van der Waals surface area contributed by atoms with Crippen LogP contribution in [0.4, 0.5) is 10.7 Å². The summed E-state index contributed by atoms with van der Waals surface area (Å²) in [5.74, 6) is -1.20. The molecule has 1 aliphatic rings.